The lowest BCUT2D eigenvalue weighted by atomic mass is 10.1. The second-order valence-corrected chi connectivity index (χ2v) is 12.0. The molecule has 0 aliphatic rings. The molecule has 0 saturated carbocycles. The second kappa shape index (κ2) is 17.5. The number of hydrogen-bond donors (Lipinski definition) is 6. The van der Waals surface area contributed by atoms with Gasteiger partial charge in [-0.2, -0.15) is 0 Å². The van der Waals surface area contributed by atoms with Crippen LogP contribution in [0.3, 0.4) is 0 Å². The highest BCUT2D eigenvalue weighted by atomic mass is 16.2. The number of benzene rings is 6. The van der Waals surface area contributed by atoms with Gasteiger partial charge in [0.15, 0.2) is 0 Å². The molecular formula is C41H47N9O. The Morgan fingerprint density at radius 1 is 0.392 bits per heavy atom. The number of carbonyl (C=O) groups excluding carboxylic acids is 1. The molecule has 262 valence electrons. The third kappa shape index (κ3) is 11.1. The first-order valence-corrected chi connectivity index (χ1v) is 16.2. The molecular weight excluding hydrogens is 635 g/mol. The highest BCUT2D eigenvalue weighted by Gasteiger charge is 2.13. The molecule has 0 radical (unpaired) electrons. The predicted molar refractivity (Wildman–Crippen MR) is 219 cm³/mol. The minimum Gasteiger partial charge on any atom is -0.399 e. The van der Waals surface area contributed by atoms with E-state index in [1.54, 1.807) is 48.3 Å². The molecule has 51 heavy (non-hydrogen) atoms. The first-order valence-electron chi connectivity index (χ1n) is 16.2. The minimum atomic E-state index is -0.0835. The van der Waals surface area contributed by atoms with Crippen molar-refractivity contribution >= 4 is 57.1 Å². The summed E-state index contributed by atoms with van der Waals surface area (Å²) in [5.41, 5.74) is 44.2. The third-order valence-corrected chi connectivity index (χ3v) is 7.99. The van der Waals surface area contributed by atoms with Crippen molar-refractivity contribution in [2.45, 2.75) is 0 Å². The van der Waals surface area contributed by atoms with Gasteiger partial charge in [-0.05, 0) is 132 Å². The molecule has 0 aromatic heterocycles. The predicted octanol–water partition coefficient (Wildman–Crippen LogP) is 7.03. The van der Waals surface area contributed by atoms with E-state index in [0.717, 1.165) is 57.6 Å². The van der Waals surface area contributed by atoms with Crippen LogP contribution in [0.2, 0.25) is 0 Å². The summed E-state index contributed by atoms with van der Waals surface area (Å²) in [6.07, 6.45) is 0. The Hall–Kier alpha value is -6.81. The molecule has 12 N–H and O–H groups in total. The van der Waals surface area contributed by atoms with E-state index in [2.05, 4.69) is 23.9 Å². The van der Waals surface area contributed by atoms with Gasteiger partial charge in [-0.1, -0.05) is 24.3 Å². The van der Waals surface area contributed by atoms with E-state index < -0.39 is 0 Å². The molecule has 1 amide bonds. The summed E-state index contributed by atoms with van der Waals surface area (Å²) in [5.74, 6) is -0.0835. The van der Waals surface area contributed by atoms with Crippen LogP contribution in [0.25, 0.3) is 11.1 Å². The number of nitrogens with zero attached hydrogens (tertiary/aromatic N) is 3. The van der Waals surface area contributed by atoms with Gasteiger partial charge in [0, 0.05) is 77.9 Å². The van der Waals surface area contributed by atoms with E-state index in [1.165, 1.54) is 0 Å². The molecule has 0 bridgehead atoms. The van der Waals surface area contributed by atoms with Crippen LogP contribution in [0, 0.1) is 0 Å². The molecule has 0 fully saturated rings. The van der Waals surface area contributed by atoms with Crippen molar-refractivity contribution in [1.29, 1.82) is 0 Å². The van der Waals surface area contributed by atoms with Crippen LogP contribution in [-0.4, -0.2) is 33.7 Å². The van der Waals surface area contributed by atoms with Crippen molar-refractivity contribution in [3.8, 4) is 11.1 Å². The summed E-state index contributed by atoms with van der Waals surface area (Å²) in [4.78, 5) is 18.1. The average Bonchev–Trinajstić information content (AvgIpc) is 3.13. The molecule has 0 saturated heterocycles. The average molecular weight is 682 g/mol. The lowest BCUT2D eigenvalue weighted by Gasteiger charge is -2.28. The first kappa shape index (κ1) is 37.0. The van der Waals surface area contributed by atoms with Gasteiger partial charge in [-0.3, -0.25) is 4.79 Å². The zero-order valence-corrected chi connectivity index (χ0v) is 29.3. The number of hydrogen-bond acceptors (Lipinski definition) is 9. The number of nitrogen functional groups attached to an aromatic ring is 6. The highest BCUT2D eigenvalue weighted by molar-refractivity contribution is 6.05. The Labute approximate surface area is 300 Å². The van der Waals surface area contributed by atoms with Crippen molar-refractivity contribution in [3.63, 3.8) is 0 Å². The zero-order valence-electron chi connectivity index (χ0n) is 29.3. The van der Waals surface area contributed by atoms with Gasteiger partial charge < -0.3 is 49.1 Å². The standard InChI is InChI=1S/C15H20N4.C14H15N3O.C12H12N2/c1-18(14-7-3-12(16)4-8-14)11-19(2)15-9-5-13(17)6-10-15;1-17(13-8-6-12(16)7-9-13)14(18)10-2-4-11(15)5-3-10;13-11-5-1-9(2-6-11)10-3-7-12(14)8-4-10/h3-10H,11,16-17H2,1-2H3;2-9H,15-16H2,1H3;1-8H,13-14H2. The van der Waals surface area contributed by atoms with Gasteiger partial charge in [-0.15, -0.1) is 0 Å². The van der Waals surface area contributed by atoms with Crippen LogP contribution in [0.15, 0.2) is 146 Å². The van der Waals surface area contributed by atoms with Crippen LogP contribution in [0.1, 0.15) is 10.4 Å². The topological polar surface area (TPSA) is 183 Å². The van der Waals surface area contributed by atoms with Crippen molar-refractivity contribution in [3.05, 3.63) is 151 Å². The maximum atomic E-state index is 12.2. The Balaban J connectivity index is 0.000000173. The van der Waals surface area contributed by atoms with Gasteiger partial charge in [-0.25, -0.2) is 0 Å². The van der Waals surface area contributed by atoms with Gasteiger partial charge in [0.05, 0.1) is 6.67 Å². The quantitative estimate of drug-likeness (QED) is 0.0761. The Morgan fingerprint density at radius 3 is 0.961 bits per heavy atom. The molecule has 6 rings (SSSR count). The summed E-state index contributed by atoms with van der Waals surface area (Å²) in [6, 6.07) is 45.3. The van der Waals surface area contributed by atoms with Crippen molar-refractivity contribution in [1.82, 2.24) is 0 Å². The van der Waals surface area contributed by atoms with E-state index in [9.17, 15) is 4.79 Å². The lowest BCUT2D eigenvalue weighted by Crippen LogP contribution is -2.32. The molecule has 6 aromatic carbocycles. The fourth-order valence-corrected chi connectivity index (χ4v) is 4.92. The summed E-state index contributed by atoms with van der Waals surface area (Å²) >= 11 is 0. The second-order valence-electron chi connectivity index (χ2n) is 12.0. The van der Waals surface area contributed by atoms with Crippen molar-refractivity contribution in [2.24, 2.45) is 0 Å². The molecule has 0 aliphatic carbocycles. The number of carbonyl (C=O) groups is 1. The van der Waals surface area contributed by atoms with E-state index >= 15 is 0 Å². The van der Waals surface area contributed by atoms with E-state index in [4.69, 9.17) is 34.4 Å². The number of anilines is 9. The van der Waals surface area contributed by atoms with Crippen molar-refractivity contribution in [2.75, 3.05) is 76.9 Å². The van der Waals surface area contributed by atoms with E-state index in [0.29, 0.717) is 16.9 Å². The number of rotatable bonds is 7. The van der Waals surface area contributed by atoms with Gasteiger partial charge in [0.25, 0.3) is 5.91 Å². The lowest BCUT2D eigenvalue weighted by molar-refractivity contribution is 0.0993. The van der Waals surface area contributed by atoms with Gasteiger partial charge in [0.2, 0.25) is 0 Å². The number of nitrogens with two attached hydrogens (primary N) is 6. The maximum Gasteiger partial charge on any atom is 0.258 e. The van der Waals surface area contributed by atoms with Crippen LogP contribution < -0.4 is 49.1 Å². The minimum absolute atomic E-state index is 0.0835. The molecule has 0 heterocycles. The fraction of sp³-hybridized carbons (Fsp3) is 0.0976. The Bertz CT molecular complexity index is 1850. The smallest absolute Gasteiger partial charge is 0.258 e. The van der Waals surface area contributed by atoms with Crippen LogP contribution >= 0.6 is 0 Å². The summed E-state index contributed by atoms with van der Waals surface area (Å²) < 4.78 is 0. The molecule has 0 unspecified atom stereocenters. The SMILES string of the molecule is CN(C(=O)c1ccc(N)cc1)c1ccc(N)cc1.CN(CN(C)c1ccc(N)cc1)c1ccc(N)cc1.Nc1ccc(-c2ccc(N)cc2)cc1. The molecule has 6 aromatic rings. The molecule has 0 spiro atoms. The maximum absolute atomic E-state index is 12.2. The fourth-order valence-electron chi connectivity index (χ4n) is 4.92. The Morgan fingerprint density at radius 2 is 0.647 bits per heavy atom. The summed E-state index contributed by atoms with van der Waals surface area (Å²) in [5, 5.41) is 0. The van der Waals surface area contributed by atoms with Crippen LogP contribution in [-0.2, 0) is 0 Å². The zero-order chi connectivity index (χ0) is 36.9. The van der Waals surface area contributed by atoms with Crippen LogP contribution in [0.4, 0.5) is 51.2 Å². The molecule has 10 nitrogen and oxygen atoms in total. The Kier molecular flexibility index (Phi) is 12.7. The monoisotopic (exact) mass is 681 g/mol. The molecule has 0 atom stereocenters. The number of amides is 1. The summed E-state index contributed by atoms with van der Waals surface area (Å²) in [6.45, 7) is 0.786. The summed E-state index contributed by atoms with van der Waals surface area (Å²) in [7, 11) is 5.84. The largest absolute Gasteiger partial charge is 0.399 e. The van der Waals surface area contributed by atoms with Crippen molar-refractivity contribution < 1.29 is 4.79 Å². The van der Waals surface area contributed by atoms with E-state index in [-0.39, 0.29) is 5.91 Å². The highest BCUT2D eigenvalue weighted by Crippen LogP contribution is 2.22. The normalized spacial score (nSPS) is 10.1. The van der Waals surface area contributed by atoms with Crippen LogP contribution in [0.5, 0.6) is 0 Å². The molecule has 0 aliphatic heterocycles. The third-order valence-electron chi connectivity index (χ3n) is 7.99. The van der Waals surface area contributed by atoms with Gasteiger partial charge in [0.1, 0.15) is 0 Å². The van der Waals surface area contributed by atoms with E-state index in [1.807, 2.05) is 109 Å². The first-order chi connectivity index (χ1) is 24.4. The van der Waals surface area contributed by atoms with Gasteiger partial charge >= 0.3 is 0 Å². The molecule has 10 heteroatoms.